The van der Waals surface area contributed by atoms with Gasteiger partial charge in [-0.2, -0.15) is 13.2 Å². The van der Waals surface area contributed by atoms with Crippen molar-refractivity contribution in [1.29, 1.82) is 0 Å². The first-order valence-corrected chi connectivity index (χ1v) is 5.48. The summed E-state index contributed by atoms with van der Waals surface area (Å²) in [6.45, 7) is 0. The van der Waals surface area contributed by atoms with Crippen molar-refractivity contribution in [2.45, 2.75) is 25.4 Å². The molecule has 0 spiro atoms. The molecule has 0 saturated carbocycles. The molecule has 1 aromatic carbocycles. The van der Waals surface area contributed by atoms with Crippen LogP contribution in [-0.4, -0.2) is 17.0 Å². The van der Waals surface area contributed by atoms with E-state index in [9.17, 15) is 22.8 Å². The molecule has 0 radical (unpaired) electrons. The first-order valence-electron chi connectivity index (χ1n) is 5.48. The number of carboxylic acid groups (broad SMARTS) is 1. The van der Waals surface area contributed by atoms with Gasteiger partial charge < -0.3 is 10.4 Å². The first-order chi connectivity index (χ1) is 8.80. The topological polar surface area (TPSA) is 66.4 Å². The van der Waals surface area contributed by atoms with Gasteiger partial charge in [0.15, 0.2) is 0 Å². The number of carbonyl (C=O) groups excluding carboxylic acids is 1. The Morgan fingerprint density at radius 1 is 1.16 bits per heavy atom. The number of carboxylic acids is 1. The van der Waals surface area contributed by atoms with Crippen LogP contribution in [0.5, 0.6) is 0 Å². The Kier molecular flexibility index (Phi) is 4.91. The van der Waals surface area contributed by atoms with Crippen molar-refractivity contribution in [1.82, 2.24) is 0 Å². The zero-order chi connectivity index (χ0) is 14.5. The van der Waals surface area contributed by atoms with Crippen molar-refractivity contribution in [2.75, 3.05) is 5.32 Å². The quantitative estimate of drug-likeness (QED) is 0.868. The molecule has 2 N–H and O–H groups in total. The number of aliphatic carboxylic acids is 1. The second-order valence-corrected chi connectivity index (χ2v) is 3.84. The van der Waals surface area contributed by atoms with Crippen LogP contribution in [0.25, 0.3) is 0 Å². The van der Waals surface area contributed by atoms with E-state index in [1.54, 1.807) is 0 Å². The number of hydrogen-bond donors (Lipinski definition) is 2. The van der Waals surface area contributed by atoms with Gasteiger partial charge >= 0.3 is 12.1 Å². The minimum atomic E-state index is -4.55. The molecule has 0 heterocycles. The predicted molar refractivity (Wildman–Crippen MR) is 61.6 cm³/mol. The highest BCUT2D eigenvalue weighted by Gasteiger charge is 2.33. The normalized spacial score (nSPS) is 11.1. The molecule has 0 aliphatic rings. The maximum Gasteiger partial charge on any atom is 0.418 e. The Morgan fingerprint density at radius 3 is 2.37 bits per heavy atom. The lowest BCUT2D eigenvalue weighted by molar-refractivity contribution is -0.137. The molecule has 0 aliphatic carbocycles. The molecule has 0 unspecified atom stereocenters. The van der Waals surface area contributed by atoms with Crippen molar-refractivity contribution in [2.24, 2.45) is 0 Å². The summed E-state index contributed by atoms with van der Waals surface area (Å²) in [5.74, 6) is -1.69. The van der Waals surface area contributed by atoms with Crippen LogP contribution in [0.15, 0.2) is 24.3 Å². The molecule has 1 amide bonds. The average Bonchev–Trinajstić information content (AvgIpc) is 2.27. The minimum Gasteiger partial charge on any atom is -0.481 e. The maximum absolute atomic E-state index is 12.6. The number of carbonyl (C=O) groups is 2. The summed E-state index contributed by atoms with van der Waals surface area (Å²) in [7, 11) is 0. The van der Waals surface area contributed by atoms with Crippen molar-refractivity contribution >= 4 is 17.6 Å². The van der Waals surface area contributed by atoms with Gasteiger partial charge in [-0.05, 0) is 18.6 Å². The maximum atomic E-state index is 12.6. The minimum absolute atomic E-state index is 0.0787. The number of amides is 1. The van der Waals surface area contributed by atoms with Crippen LogP contribution in [-0.2, 0) is 15.8 Å². The summed E-state index contributed by atoms with van der Waals surface area (Å²) in [4.78, 5) is 21.6. The van der Waals surface area contributed by atoms with Gasteiger partial charge in [-0.25, -0.2) is 0 Å². The van der Waals surface area contributed by atoms with Crippen molar-refractivity contribution in [3.63, 3.8) is 0 Å². The smallest absolute Gasteiger partial charge is 0.418 e. The SMILES string of the molecule is O=C(O)CCCC(=O)Nc1ccccc1C(F)(F)F. The van der Waals surface area contributed by atoms with Crippen molar-refractivity contribution < 1.29 is 27.9 Å². The van der Waals surface area contributed by atoms with E-state index < -0.39 is 23.6 Å². The predicted octanol–water partition coefficient (Wildman–Crippen LogP) is 2.90. The third-order valence-electron chi connectivity index (χ3n) is 2.30. The van der Waals surface area contributed by atoms with Gasteiger partial charge in [-0.15, -0.1) is 0 Å². The van der Waals surface area contributed by atoms with E-state index in [4.69, 9.17) is 5.11 Å². The van der Waals surface area contributed by atoms with Crippen LogP contribution in [0.4, 0.5) is 18.9 Å². The molecule has 4 nitrogen and oxygen atoms in total. The second kappa shape index (κ2) is 6.21. The summed E-state index contributed by atoms with van der Waals surface area (Å²) in [5, 5.41) is 10.5. The van der Waals surface area contributed by atoms with Gasteiger partial charge in [0.25, 0.3) is 0 Å². The van der Waals surface area contributed by atoms with E-state index >= 15 is 0 Å². The lowest BCUT2D eigenvalue weighted by atomic mass is 10.1. The lowest BCUT2D eigenvalue weighted by Gasteiger charge is -2.13. The van der Waals surface area contributed by atoms with Crippen LogP contribution < -0.4 is 5.32 Å². The van der Waals surface area contributed by atoms with E-state index in [-0.39, 0.29) is 24.9 Å². The number of halogens is 3. The Bertz CT molecular complexity index is 472. The molecule has 0 aromatic heterocycles. The number of rotatable bonds is 5. The van der Waals surface area contributed by atoms with E-state index in [0.29, 0.717) is 0 Å². The fraction of sp³-hybridized carbons (Fsp3) is 0.333. The Balaban J connectivity index is 2.67. The molecule has 0 aliphatic heterocycles. The first kappa shape index (κ1) is 15.0. The molecular formula is C12H12F3NO3. The van der Waals surface area contributed by atoms with Gasteiger partial charge in [-0.3, -0.25) is 9.59 Å². The van der Waals surface area contributed by atoms with Gasteiger partial charge in [0.05, 0.1) is 11.3 Å². The Labute approximate surface area is 107 Å². The highest BCUT2D eigenvalue weighted by Crippen LogP contribution is 2.34. The lowest BCUT2D eigenvalue weighted by Crippen LogP contribution is -2.16. The molecule has 1 aromatic rings. The summed E-state index contributed by atoms with van der Waals surface area (Å²) in [6, 6.07) is 4.62. The summed E-state index contributed by atoms with van der Waals surface area (Å²) in [5.41, 5.74) is -1.25. The van der Waals surface area contributed by atoms with Crippen LogP contribution in [0, 0.1) is 0 Å². The highest BCUT2D eigenvalue weighted by molar-refractivity contribution is 5.91. The molecule has 0 atom stereocenters. The molecule has 7 heteroatoms. The van der Waals surface area contributed by atoms with Gasteiger partial charge in [0.1, 0.15) is 0 Å². The molecule has 19 heavy (non-hydrogen) atoms. The Hall–Kier alpha value is -2.05. The van der Waals surface area contributed by atoms with E-state index in [0.717, 1.165) is 12.1 Å². The Morgan fingerprint density at radius 2 is 1.79 bits per heavy atom. The average molecular weight is 275 g/mol. The zero-order valence-electron chi connectivity index (χ0n) is 9.83. The van der Waals surface area contributed by atoms with Crippen LogP contribution in [0.3, 0.4) is 0 Å². The third-order valence-corrected chi connectivity index (χ3v) is 2.30. The van der Waals surface area contributed by atoms with Crippen LogP contribution in [0.1, 0.15) is 24.8 Å². The van der Waals surface area contributed by atoms with E-state index in [1.807, 2.05) is 0 Å². The molecule has 0 bridgehead atoms. The summed E-state index contributed by atoms with van der Waals surface area (Å²) < 4.78 is 37.9. The number of alkyl halides is 3. The number of anilines is 1. The second-order valence-electron chi connectivity index (χ2n) is 3.84. The van der Waals surface area contributed by atoms with E-state index in [1.165, 1.54) is 12.1 Å². The largest absolute Gasteiger partial charge is 0.481 e. The standard InChI is InChI=1S/C12H12F3NO3/c13-12(14,15)8-4-1-2-5-9(8)16-10(17)6-3-7-11(18)19/h1-2,4-5H,3,6-7H2,(H,16,17)(H,18,19). The molecule has 0 saturated heterocycles. The summed E-state index contributed by atoms with van der Waals surface area (Å²) >= 11 is 0. The number of nitrogens with one attached hydrogen (secondary N) is 1. The zero-order valence-corrected chi connectivity index (χ0v) is 9.83. The van der Waals surface area contributed by atoms with Gasteiger partial charge in [0, 0.05) is 12.8 Å². The monoisotopic (exact) mass is 275 g/mol. The fourth-order valence-corrected chi connectivity index (χ4v) is 1.45. The molecule has 1 rings (SSSR count). The number of hydrogen-bond acceptors (Lipinski definition) is 2. The van der Waals surface area contributed by atoms with Crippen molar-refractivity contribution in [3.8, 4) is 0 Å². The molecule has 104 valence electrons. The third kappa shape index (κ3) is 4.99. The molecular weight excluding hydrogens is 263 g/mol. The van der Waals surface area contributed by atoms with Crippen molar-refractivity contribution in [3.05, 3.63) is 29.8 Å². The fourth-order valence-electron chi connectivity index (χ4n) is 1.45. The van der Waals surface area contributed by atoms with Gasteiger partial charge in [0.2, 0.25) is 5.91 Å². The van der Waals surface area contributed by atoms with Crippen LogP contribution >= 0.6 is 0 Å². The van der Waals surface area contributed by atoms with E-state index in [2.05, 4.69) is 5.32 Å². The van der Waals surface area contributed by atoms with Gasteiger partial charge in [-0.1, -0.05) is 12.1 Å². The number of para-hydroxylation sites is 1. The highest BCUT2D eigenvalue weighted by atomic mass is 19.4. The van der Waals surface area contributed by atoms with Crippen LogP contribution in [0.2, 0.25) is 0 Å². The number of benzene rings is 1. The molecule has 0 fully saturated rings. The summed E-state index contributed by atoms with van der Waals surface area (Å²) in [6.07, 6.45) is -4.81.